The lowest BCUT2D eigenvalue weighted by Gasteiger charge is -2.06. The van der Waals surface area contributed by atoms with Gasteiger partial charge in [0.2, 0.25) is 10.0 Å². The summed E-state index contributed by atoms with van der Waals surface area (Å²) in [6.07, 6.45) is 2.18. The van der Waals surface area contributed by atoms with Crippen LogP contribution >= 0.6 is 0 Å². The molecule has 0 aliphatic rings. The van der Waals surface area contributed by atoms with Gasteiger partial charge in [-0.25, -0.2) is 17.9 Å². The Kier molecular flexibility index (Phi) is 4.02. The van der Waals surface area contributed by atoms with E-state index in [0.717, 1.165) is 16.9 Å². The SMILES string of the molecule is CS(=O)(=O)NCCn1cc(C(=O)O)ccc1=O. The van der Waals surface area contributed by atoms with Gasteiger partial charge in [-0.3, -0.25) is 4.79 Å². The molecule has 0 fully saturated rings. The number of rotatable bonds is 5. The zero-order valence-corrected chi connectivity index (χ0v) is 9.90. The molecule has 0 aliphatic carbocycles. The van der Waals surface area contributed by atoms with Crippen molar-refractivity contribution in [1.82, 2.24) is 9.29 Å². The zero-order chi connectivity index (χ0) is 13.1. The van der Waals surface area contributed by atoms with Crippen molar-refractivity contribution in [1.29, 1.82) is 0 Å². The molecule has 94 valence electrons. The number of nitrogens with zero attached hydrogens (tertiary/aromatic N) is 1. The second kappa shape index (κ2) is 5.11. The first-order valence-electron chi connectivity index (χ1n) is 4.68. The molecule has 0 saturated heterocycles. The van der Waals surface area contributed by atoms with E-state index in [9.17, 15) is 18.0 Å². The molecule has 1 aromatic heterocycles. The van der Waals surface area contributed by atoms with Gasteiger partial charge in [-0.05, 0) is 6.07 Å². The maximum Gasteiger partial charge on any atom is 0.337 e. The maximum absolute atomic E-state index is 11.3. The third-order valence-electron chi connectivity index (χ3n) is 1.95. The molecule has 1 heterocycles. The van der Waals surface area contributed by atoms with Crippen LogP contribution in [-0.4, -0.2) is 36.9 Å². The summed E-state index contributed by atoms with van der Waals surface area (Å²) in [5, 5.41) is 8.73. The number of carbonyl (C=O) groups is 1. The van der Waals surface area contributed by atoms with Crippen molar-refractivity contribution in [3.05, 3.63) is 34.2 Å². The minimum atomic E-state index is -3.32. The van der Waals surface area contributed by atoms with Crippen LogP contribution in [-0.2, 0) is 16.6 Å². The predicted octanol–water partition coefficient (Wildman–Crippen LogP) is -0.904. The molecule has 0 amide bonds. The van der Waals surface area contributed by atoms with Gasteiger partial charge in [-0.15, -0.1) is 0 Å². The minimum absolute atomic E-state index is 0.0241. The van der Waals surface area contributed by atoms with Gasteiger partial charge in [-0.2, -0.15) is 0 Å². The molecule has 0 radical (unpaired) electrons. The molecule has 0 aliphatic heterocycles. The van der Waals surface area contributed by atoms with Gasteiger partial charge in [0.1, 0.15) is 0 Å². The second-order valence-corrected chi connectivity index (χ2v) is 5.25. The molecule has 0 saturated carbocycles. The van der Waals surface area contributed by atoms with Gasteiger partial charge in [0.25, 0.3) is 5.56 Å². The van der Waals surface area contributed by atoms with Crippen LogP contribution in [0.2, 0.25) is 0 Å². The highest BCUT2D eigenvalue weighted by Gasteiger charge is 2.06. The van der Waals surface area contributed by atoms with Crippen LogP contribution in [0.1, 0.15) is 10.4 Å². The van der Waals surface area contributed by atoms with Crippen LogP contribution in [0.25, 0.3) is 0 Å². The highest BCUT2D eigenvalue weighted by Crippen LogP contribution is 1.95. The second-order valence-electron chi connectivity index (χ2n) is 3.42. The van der Waals surface area contributed by atoms with E-state index in [1.165, 1.54) is 12.3 Å². The van der Waals surface area contributed by atoms with E-state index in [4.69, 9.17) is 5.11 Å². The zero-order valence-electron chi connectivity index (χ0n) is 9.08. The smallest absolute Gasteiger partial charge is 0.337 e. The molecule has 17 heavy (non-hydrogen) atoms. The third-order valence-corrected chi connectivity index (χ3v) is 2.68. The van der Waals surface area contributed by atoms with Crippen molar-refractivity contribution < 1.29 is 18.3 Å². The Morgan fingerprint density at radius 2 is 2.12 bits per heavy atom. The minimum Gasteiger partial charge on any atom is -0.478 e. The Morgan fingerprint density at radius 1 is 1.47 bits per heavy atom. The van der Waals surface area contributed by atoms with Gasteiger partial charge in [0.15, 0.2) is 0 Å². The van der Waals surface area contributed by atoms with E-state index in [-0.39, 0.29) is 24.2 Å². The van der Waals surface area contributed by atoms with E-state index >= 15 is 0 Å². The van der Waals surface area contributed by atoms with Crippen LogP contribution in [0.5, 0.6) is 0 Å². The summed E-state index contributed by atoms with van der Waals surface area (Å²) in [5.41, 5.74) is -0.408. The number of hydrogen-bond acceptors (Lipinski definition) is 4. The van der Waals surface area contributed by atoms with Crippen molar-refractivity contribution >= 4 is 16.0 Å². The van der Waals surface area contributed by atoms with Crippen LogP contribution in [0.4, 0.5) is 0 Å². The number of carboxylic acids is 1. The van der Waals surface area contributed by atoms with E-state index in [1.54, 1.807) is 0 Å². The molecule has 0 bridgehead atoms. The first kappa shape index (κ1) is 13.4. The maximum atomic E-state index is 11.3. The van der Waals surface area contributed by atoms with Crippen molar-refractivity contribution in [2.75, 3.05) is 12.8 Å². The lowest BCUT2D eigenvalue weighted by molar-refractivity contribution is 0.0695. The summed E-state index contributed by atoms with van der Waals surface area (Å²) < 4.78 is 24.9. The number of carboxylic acid groups (broad SMARTS) is 1. The first-order chi connectivity index (χ1) is 7.79. The first-order valence-corrected chi connectivity index (χ1v) is 6.57. The van der Waals surface area contributed by atoms with Crippen molar-refractivity contribution in [3.63, 3.8) is 0 Å². The van der Waals surface area contributed by atoms with E-state index in [0.29, 0.717) is 0 Å². The fraction of sp³-hybridized carbons (Fsp3) is 0.333. The number of hydrogen-bond donors (Lipinski definition) is 2. The van der Waals surface area contributed by atoms with Crippen LogP contribution in [0, 0.1) is 0 Å². The monoisotopic (exact) mass is 260 g/mol. The number of aromatic nitrogens is 1. The summed E-state index contributed by atoms with van der Waals surface area (Å²) in [5.74, 6) is -1.14. The van der Waals surface area contributed by atoms with Crippen LogP contribution in [0.3, 0.4) is 0 Å². The standard InChI is InChI=1S/C9H12N2O5S/c1-17(15,16)10-4-5-11-6-7(9(13)14)2-3-8(11)12/h2-3,6,10H,4-5H2,1H3,(H,13,14). The average molecular weight is 260 g/mol. The summed E-state index contributed by atoms with van der Waals surface area (Å²) in [7, 11) is -3.32. The number of sulfonamides is 1. The summed E-state index contributed by atoms with van der Waals surface area (Å²) in [6, 6.07) is 2.33. The fourth-order valence-electron chi connectivity index (χ4n) is 1.18. The quantitative estimate of drug-likeness (QED) is 0.713. The largest absolute Gasteiger partial charge is 0.478 e. The molecule has 0 spiro atoms. The molecule has 1 rings (SSSR count). The summed E-state index contributed by atoms with van der Waals surface area (Å²) >= 11 is 0. The molecule has 8 heteroatoms. The Labute approximate surface area is 97.7 Å². The molecule has 0 atom stereocenters. The number of pyridine rings is 1. The lowest BCUT2D eigenvalue weighted by atomic mass is 10.3. The van der Waals surface area contributed by atoms with Gasteiger partial charge >= 0.3 is 5.97 Å². The van der Waals surface area contributed by atoms with E-state index < -0.39 is 16.0 Å². The Balaban J connectivity index is 2.80. The molecule has 2 N–H and O–H groups in total. The highest BCUT2D eigenvalue weighted by molar-refractivity contribution is 7.88. The number of aromatic carboxylic acids is 1. The predicted molar refractivity (Wildman–Crippen MR) is 60.5 cm³/mol. The topological polar surface area (TPSA) is 105 Å². The highest BCUT2D eigenvalue weighted by atomic mass is 32.2. The van der Waals surface area contributed by atoms with Crippen LogP contribution in [0.15, 0.2) is 23.1 Å². The molecular weight excluding hydrogens is 248 g/mol. The van der Waals surface area contributed by atoms with E-state index in [1.807, 2.05) is 0 Å². The van der Waals surface area contributed by atoms with Crippen molar-refractivity contribution in [2.45, 2.75) is 6.54 Å². The molecule has 1 aromatic rings. The summed E-state index contributed by atoms with van der Waals surface area (Å²) in [4.78, 5) is 22.0. The Hall–Kier alpha value is -1.67. The number of nitrogens with one attached hydrogen (secondary N) is 1. The van der Waals surface area contributed by atoms with Crippen LogP contribution < -0.4 is 10.3 Å². The van der Waals surface area contributed by atoms with E-state index in [2.05, 4.69) is 4.72 Å². The van der Waals surface area contributed by atoms with Gasteiger partial charge < -0.3 is 9.67 Å². The lowest BCUT2D eigenvalue weighted by Crippen LogP contribution is -2.30. The molecule has 0 aromatic carbocycles. The van der Waals surface area contributed by atoms with Gasteiger partial charge in [0, 0.05) is 25.4 Å². The average Bonchev–Trinajstić information content (AvgIpc) is 2.18. The molecular formula is C9H12N2O5S. The van der Waals surface area contributed by atoms with Gasteiger partial charge in [-0.1, -0.05) is 0 Å². The van der Waals surface area contributed by atoms with Crippen molar-refractivity contribution in [3.8, 4) is 0 Å². The Bertz CT molecular complexity index is 575. The van der Waals surface area contributed by atoms with Gasteiger partial charge in [0.05, 0.1) is 11.8 Å². The Morgan fingerprint density at radius 3 is 2.65 bits per heavy atom. The molecule has 0 unspecified atom stereocenters. The summed E-state index contributed by atoms with van der Waals surface area (Å²) in [6.45, 7) is 0.106. The fourth-order valence-corrected chi connectivity index (χ4v) is 1.65. The third kappa shape index (κ3) is 4.37. The normalized spacial score (nSPS) is 11.4. The molecule has 7 nitrogen and oxygen atoms in total. The van der Waals surface area contributed by atoms with Crippen molar-refractivity contribution in [2.24, 2.45) is 0 Å².